The van der Waals surface area contributed by atoms with Crippen molar-refractivity contribution in [3.05, 3.63) is 65.0 Å². The van der Waals surface area contributed by atoms with E-state index >= 15 is 0 Å². The van der Waals surface area contributed by atoms with Crippen molar-refractivity contribution in [1.82, 2.24) is 9.62 Å². The van der Waals surface area contributed by atoms with Gasteiger partial charge in [0.25, 0.3) is 10.0 Å². The molecule has 4 rings (SSSR count). The number of fused-ring (bicyclic) bond motifs is 1. The summed E-state index contributed by atoms with van der Waals surface area (Å²) < 4.78 is 27.5. The predicted molar refractivity (Wildman–Crippen MR) is 121 cm³/mol. The van der Waals surface area contributed by atoms with Crippen LogP contribution in [0.15, 0.2) is 58.8 Å². The summed E-state index contributed by atoms with van der Waals surface area (Å²) in [5, 5.41) is 5.32. The summed E-state index contributed by atoms with van der Waals surface area (Å²) in [7, 11) is -3.45. The van der Waals surface area contributed by atoms with E-state index in [9.17, 15) is 13.2 Å². The van der Waals surface area contributed by atoms with Gasteiger partial charge in [0, 0.05) is 18.0 Å². The number of nitrogens with zero attached hydrogens (tertiary/aromatic N) is 1. The molecule has 2 heterocycles. The van der Waals surface area contributed by atoms with Crippen molar-refractivity contribution in [2.45, 2.75) is 42.9 Å². The number of hydrogen-bond acceptors (Lipinski definition) is 4. The molecule has 1 saturated heterocycles. The molecule has 7 heteroatoms. The molecule has 1 aromatic heterocycles. The molecule has 1 aliphatic rings. The van der Waals surface area contributed by atoms with Crippen molar-refractivity contribution in [1.29, 1.82) is 0 Å². The Morgan fingerprint density at radius 1 is 1.03 bits per heavy atom. The lowest BCUT2D eigenvalue weighted by Crippen LogP contribution is -2.35. The van der Waals surface area contributed by atoms with Crippen LogP contribution in [0.1, 0.15) is 42.7 Å². The number of thiophene rings is 1. The molecular weight excluding hydrogens is 416 g/mol. The van der Waals surface area contributed by atoms with E-state index < -0.39 is 10.0 Å². The molecule has 1 unspecified atom stereocenters. The number of nitrogens with one attached hydrogen (secondary N) is 1. The molecule has 158 valence electrons. The first-order valence-electron chi connectivity index (χ1n) is 10.3. The number of carbonyl (C=O) groups excluding carboxylic acids is 1. The Morgan fingerprint density at radius 2 is 1.77 bits per heavy atom. The van der Waals surface area contributed by atoms with Crippen LogP contribution >= 0.6 is 11.3 Å². The van der Waals surface area contributed by atoms with Gasteiger partial charge in [-0.1, -0.05) is 48.9 Å². The number of carbonyl (C=O) groups is 1. The fourth-order valence-electron chi connectivity index (χ4n) is 3.98. The zero-order valence-electron chi connectivity index (χ0n) is 17.0. The number of piperidine rings is 1. The lowest BCUT2D eigenvalue weighted by molar-refractivity contribution is -0.121. The number of rotatable bonds is 6. The van der Waals surface area contributed by atoms with Crippen LogP contribution in [0.2, 0.25) is 0 Å². The zero-order chi connectivity index (χ0) is 21.1. The van der Waals surface area contributed by atoms with Gasteiger partial charge in [-0.05, 0) is 48.2 Å². The highest BCUT2D eigenvalue weighted by molar-refractivity contribution is 7.91. The Labute approximate surface area is 181 Å². The molecule has 0 spiro atoms. The zero-order valence-corrected chi connectivity index (χ0v) is 18.6. The quantitative estimate of drug-likeness (QED) is 0.611. The Kier molecular flexibility index (Phi) is 6.22. The van der Waals surface area contributed by atoms with Crippen LogP contribution in [0.4, 0.5) is 0 Å². The normalized spacial score (nSPS) is 16.4. The van der Waals surface area contributed by atoms with Crippen molar-refractivity contribution in [2.75, 3.05) is 13.1 Å². The summed E-state index contributed by atoms with van der Waals surface area (Å²) in [6.45, 7) is 3.14. The molecular formula is C23H26N2O3S2. The van der Waals surface area contributed by atoms with Crippen molar-refractivity contribution >= 4 is 38.0 Å². The van der Waals surface area contributed by atoms with Crippen LogP contribution in [0, 0.1) is 0 Å². The Hall–Kier alpha value is -2.22. The van der Waals surface area contributed by atoms with E-state index in [1.165, 1.54) is 11.3 Å². The van der Waals surface area contributed by atoms with E-state index in [2.05, 4.69) is 23.5 Å². The summed E-state index contributed by atoms with van der Waals surface area (Å²) in [4.78, 5) is 13.4. The molecule has 3 aromatic rings. The van der Waals surface area contributed by atoms with Gasteiger partial charge < -0.3 is 5.32 Å². The number of amides is 1. The van der Waals surface area contributed by atoms with Crippen molar-refractivity contribution in [3.63, 3.8) is 0 Å². The Morgan fingerprint density at radius 3 is 2.57 bits per heavy atom. The average molecular weight is 443 g/mol. The molecule has 5 nitrogen and oxygen atoms in total. The third kappa shape index (κ3) is 4.43. The second-order valence-corrected chi connectivity index (χ2v) is 11.1. The molecule has 0 bridgehead atoms. The summed E-state index contributed by atoms with van der Waals surface area (Å²) in [6, 6.07) is 17.4. The van der Waals surface area contributed by atoms with Crippen LogP contribution in [0.5, 0.6) is 0 Å². The lowest BCUT2D eigenvalue weighted by Gasteiger charge is -2.25. The SMILES string of the molecule is CC(NC(=O)Cc1ccc(S(=O)(=O)N2CCCCC2)s1)c1cccc2ccccc12. The molecule has 1 atom stereocenters. The second-order valence-electron chi connectivity index (χ2n) is 7.72. The van der Waals surface area contributed by atoms with Crippen molar-refractivity contribution in [3.8, 4) is 0 Å². The molecule has 0 aliphatic carbocycles. The topological polar surface area (TPSA) is 66.5 Å². The average Bonchev–Trinajstić information content (AvgIpc) is 3.23. The first-order valence-corrected chi connectivity index (χ1v) is 12.6. The third-order valence-corrected chi connectivity index (χ3v) is 9.00. The Balaban J connectivity index is 1.43. The molecule has 0 radical (unpaired) electrons. The van der Waals surface area contributed by atoms with Gasteiger partial charge in [-0.15, -0.1) is 11.3 Å². The van der Waals surface area contributed by atoms with Gasteiger partial charge in [0.05, 0.1) is 12.5 Å². The van der Waals surface area contributed by atoms with Crippen LogP contribution in [0.25, 0.3) is 10.8 Å². The highest BCUT2D eigenvalue weighted by Gasteiger charge is 2.27. The minimum absolute atomic E-state index is 0.112. The third-order valence-electron chi connectivity index (χ3n) is 5.55. The smallest absolute Gasteiger partial charge is 0.252 e. The van der Waals surface area contributed by atoms with E-state index in [0.29, 0.717) is 17.3 Å². The maximum absolute atomic E-state index is 12.8. The minimum atomic E-state index is -3.45. The second kappa shape index (κ2) is 8.88. The minimum Gasteiger partial charge on any atom is -0.349 e. The summed E-state index contributed by atoms with van der Waals surface area (Å²) in [6.07, 6.45) is 3.07. The van der Waals surface area contributed by atoms with E-state index in [4.69, 9.17) is 0 Å². The number of hydrogen-bond donors (Lipinski definition) is 1. The van der Waals surface area contributed by atoms with E-state index in [0.717, 1.165) is 40.5 Å². The van der Waals surface area contributed by atoms with Crippen LogP contribution < -0.4 is 5.32 Å². The van der Waals surface area contributed by atoms with Gasteiger partial charge in [-0.25, -0.2) is 8.42 Å². The fourth-order valence-corrected chi connectivity index (χ4v) is 7.01. The summed E-state index contributed by atoms with van der Waals surface area (Å²) in [5.74, 6) is -0.112. The van der Waals surface area contributed by atoms with Gasteiger partial charge >= 0.3 is 0 Å². The Bertz CT molecular complexity index is 1140. The molecule has 2 aromatic carbocycles. The first-order chi connectivity index (χ1) is 14.4. The molecule has 1 aliphatic heterocycles. The lowest BCUT2D eigenvalue weighted by atomic mass is 9.99. The van der Waals surface area contributed by atoms with Crippen molar-refractivity contribution in [2.24, 2.45) is 0 Å². The monoisotopic (exact) mass is 442 g/mol. The fraction of sp³-hybridized carbons (Fsp3) is 0.348. The molecule has 1 N–H and O–H groups in total. The summed E-state index contributed by atoms with van der Waals surface area (Å²) in [5.41, 5.74) is 1.07. The van der Waals surface area contributed by atoms with Gasteiger partial charge in [0.1, 0.15) is 4.21 Å². The molecule has 1 fully saturated rings. The largest absolute Gasteiger partial charge is 0.349 e. The standard InChI is InChI=1S/C23H26N2O3S2/c1-17(20-11-7-9-18-8-3-4-10-21(18)20)24-22(26)16-19-12-13-23(29-19)30(27,28)25-14-5-2-6-15-25/h3-4,7-13,17H,2,5-6,14-16H2,1H3,(H,24,26). The van der Waals surface area contributed by atoms with Crippen molar-refractivity contribution < 1.29 is 13.2 Å². The van der Waals surface area contributed by atoms with E-state index in [1.54, 1.807) is 16.4 Å². The van der Waals surface area contributed by atoms with Gasteiger partial charge in [-0.2, -0.15) is 4.31 Å². The van der Waals surface area contributed by atoms with E-state index in [-0.39, 0.29) is 18.4 Å². The van der Waals surface area contributed by atoms with Gasteiger partial charge in [0.2, 0.25) is 5.91 Å². The highest BCUT2D eigenvalue weighted by atomic mass is 32.2. The van der Waals surface area contributed by atoms with E-state index in [1.807, 2.05) is 31.2 Å². The number of sulfonamides is 1. The van der Waals surface area contributed by atoms with Crippen LogP contribution in [0.3, 0.4) is 0 Å². The predicted octanol–water partition coefficient (Wildman–Crippen LogP) is 4.50. The molecule has 1 amide bonds. The van der Waals surface area contributed by atoms with Crippen LogP contribution in [-0.4, -0.2) is 31.7 Å². The maximum atomic E-state index is 12.8. The van der Waals surface area contributed by atoms with Crippen LogP contribution in [-0.2, 0) is 21.2 Å². The number of benzene rings is 2. The first kappa shape index (κ1) is 21.0. The highest BCUT2D eigenvalue weighted by Crippen LogP contribution is 2.28. The molecule has 30 heavy (non-hydrogen) atoms. The maximum Gasteiger partial charge on any atom is 0.252 e. The summed E-state index contributed by atoms with van der Waals surface area (Å²) >= 11 is 1.20. The molecule has 0 saturated carbocycles. The van der Waals surface area contributed by atoms with Gasteiger partial charge in [-0.3, -0.25) is 4.79 Å². The van der Waals surface area contributed by atoms with Gasteiger partial charge in [0.15, 0.2) is 0 Å².